The Morgan fingerprint density at radius 3 is 1.43 bits per heavy atom. The molecule has 0 amide bonds. The molecule has 0 fully saturated rings. The van der Waals surface area contributed by atoms with E-state index in [1.54, 1.807) is 45.0 Å². The van der Waals surface area contributed by atoms with Gasteiger partial charge in [0, 0.05) is 0 Å². The molecule has 0 saturated carbocycles. The molecule has 11 nitrogen and oxygen atoms in total. The first-order chi connectivity index (χ1) is 18.9. The maximum Gasteiger partial charge on any atom is 0.172 e. The number of ketones is 2. The predicted octanol–water partition coefficient (Wildman–Crippen LogP) is 6.06. The number of ether oxygens (including phenoxy) is 3. The number of nitrogens with zero attached hydrogens (tertiary/aromatic N) is 5. The second-order valence-corrected chi connectivity index (χ2v) is 8.41. The Hall–Kier alpha value is -4.60. The summed E-state index contributed by atoms with van der Waals surface area (Å²) in [6.07, 6.45) is 2.86. The van der Waals surface area contributed by atoms with Crippen molar-refractivity contribution in [2.24, 2.45) is 0 Å². The van der Waals surface area contributed by atoms with E-state index >= 15 is 0 Å². The number of rotatable bonds is 5. The van der Waals surface area contributed by atoms with E-state index in [1.165, 1.54) is 47.1 Å². The quantitative estimate of drug-likeness (QED) is 0.282. The van der Waals surface area contributed by atoms with Gasteiger partial charge in [-0.15, -0.1) is 12.4 Å². The minimum absolute atomic E-state index is 0. The van der Waals surface area contributed by atoms with Gasteiger partial charge in [-0.25, -0.2) is 0 Å². The summed E-state index contributed by atoms with van der Waals surface area (Å²) in [4.78, 5) is 19.7. The summed E-state index contributed by atoms with van der Waals surface area (Å²) in [5.41, 5.74) is -0.892. The number of carbonyl (C=O) groups excluding carboxylic acids is 2. The molecule has 232 valence electrons. The first-order valence-electron chi connectivity index (χ1n) is 12.1. The third-order valence-corrected chi connectivity index (χ3v) is 4.01. The lowest BCUT2D eigenvalue weighted by Crippen LogP contribution is -2.27. The van der Waals surface area contributed by atoms with E-state index in [-0.39, 0.29) is 47.3 Å². The van der Waals surface area contributed by atoms with E-state index < -0.39 is 11.2 Å². The molecule has 42 heavy (non-hydrogen) atoms. The van der Waals surface area contributed by atoms with Crippen molar-refractivity contribution in [2.45, 2.75) is 86.9 Å². The normalized spacial score (nSPS) is 10.9. The van der Waals surface area contributed by atoms with E-state index in [0.717, 1.165) is 18.8 Å². The van der Waals surface area contributed by atoms with Gasteiger partial charge >= 0.3 is 0 Å². The standard InChI is InChI=1S/C11H9N3O.C5H10O2.2C4H8O.C3H2N2.C3H6O.ClH/c1-7-9(6-14)10(8(4-12)5-13)15-11(7,2)3;1-4(6)5(2,3)7;2*1-3-5-4-2;4-2-1-3-5;1-3(2)4;/h1-3H3;7H,1-3H3;2*3H,1,4H2,2H3;1H2;1-2H3;1H. The number of allylic oxidation sites excluding steroid dienone is 2. The number of carbonyl (C=O) groups is 2. The fourth-order valence-electron chi connectivity index (χ4n) is 1.56. The maximum absolute atomic E-state index is 10.2. The van der Waals surface area contributed by atoms with E-state index in [9.17, 15) is 9.59 Å². The molecule has 0 aromatic rings. The Bertz CT molecular complexity index is 1060. The zero-order chi connectivity index (χ0) is 33.7. The Morgan fingerprint density at radius 2 is 1.29 bits per heavy atom. The molecule has 0 bridgehead atoms. The fraction of sp³-hybridized carbons (Fsp3) is 0.500. The van der Waals surface area contributed by atoms with E-state index in [0.29, 0.717) is 0 Å². The first kappa shape index (κ1) is 50.3. The highest BCUT2D eigenvalue weighted by Crippen LogP contribution is 2.38. The second-order valence-electron chi connectivity index (χ2n) is 8.41. The Kier molecular flexibility index (Phi) is 37.0. The highest BCUT2D eigenvalue weighted by atomic mass is 35.5. The molecule has 1 heterocycles. The van der Waals surface area contributed by atoms with Crippen LogP contribution in [-0.2, 0) is 23.8 Å². The Morgan fingerprint density at radius 1 is 0.952 bits per heavy atom. The predicted molar refractivity (Wildman–Crippen MR) is 162 cm³/mol. The van der Waals surface area contributed by atoms with Crippen LogP contribution in [0.3, 0.4) is 0 Å². The van der Waals surface area contributed by atoms with Crippen molar-refractivity contribution in [2.75, 3.05) is 13.2 Å². The van der Waals surface area contributed by atoms with E-state index in [1.807, 2.05) is 19.9 Å². The second kappa shape index (κ2) is 30.9. The molecule has 1 aliphatic heterocycles. The average Bonchev–Trinajstić information content (AvgIpc) is 3.10. The lowest BCUT2D eigenvalue weighted by molar-refractivity contribution is -0.131. The third-order valence-electron chi connectivity index (χ3n) is 4.01. The number of hydrogen-bond donors (Lipinski definition) is 1. The molecule has 0 radical (unpaired) electrons. The van der Waals surface area contributed by atoms with Gasteiger partial charge in [0.2, 0.25) is 0 Å². The molecule has 1 aliphatic rings. The summed E-state index contributed by atoms with van der Waals surface area (Å²) >= 11 is 0. The summed E-state index contributed by atoms with van der Waals surface area (Å²) < 4.78 is 14.6. The highest BCUT2D eigenvalue weighted by molar-refractivity contribution is 5.85. The van der Waals surface area contributed by atoms with Crippen molar-refractivity contribution in [3.8, 4) is 30.3 Å². The van der Waals surface area contributed by atoms with Gasteiger partial charge in [0.05, 0.1) is 43.4 Å². The summed E-state index contributed by atoms with van der Waals surface area (Å²) in [6, 6.07) is 8.72. The minimum Gasteiger partial charge on any atom is -0.502 e. The van der Waals surface area contributed by atoms with Gasteiger partial charge in [0.15, 0.2) is 17.1 Å². The number of nitriles is 5. The van der Waals surface area contributed by atoms with Gasteiger partial charge in [-0.2, -0.15) is 26.3 Å². The molecule has 0 aromatic heterocycles. The smallest absolute Gasteiger partial charge is 0.172 e. The molecule has 1 N–H and O–H groups in total. The van der Waals surface area contributed by atoms with Crippen molar-refractivity contribution in [3.63, 3.8) is 0 Å². The van der Waals surface area contributed by atoms with Crippen LogP contribution in [0.1, 0.15) is 75.7 Å². The molecule has 1 rings (SSSR count). The van der Waals surface area contributed by atoms with Crippen LogP contribution in [0.5, 0.6) is 0 Å². The zero-order valence-corrected chi connectivity index (χ0v) is 27.1. The van der Waals surface area contributed by atoms with Crippen molar-refractivity contribution in [1.82, 2.24) is 0 Å². The highest BCUT2D eigenvalue weighted by Gasteiger charge is 2.37. The Balaban J connectivity index is -0.000000102. The van der Waals surface area contributed by atoms with Crippen LogP contribution >= 0.6 is 12.4 Å². The maximum atomic E-state index is 10.2. The number of Topliss-reactive ketones (excluding diaryl/α,β-unsaturated/α-hetero) is 2. The van der Waals surface area contributed by atoms with Crippen LogP contribution in [-0.4, -0.2) is 41.1 Å². The fourth-order valence-corrected chi connectivity index (χ4v) is 1.56. The molecular weight excluding hydrogens is 562 g/mol. The molecule has 12 heteroatoms. The number of halogens is 1. The monoisotopic (exact) mass is 605 g/mol. The van der Waals surface area contributed by atoms with Gasteiger partial charge < -0.3 is 24.1 Å². The van der Waals surface area contributed by atoms with Crippen LogP contribution < -0.4 is 0 Å². The summed E-state index contributed by atoms with van der Waals surface area (Å²) in [7, 11) is 0. The lowest BCUT2D eigenvalue weighted by Gasteiger charge is -2.19. The largest absolute Gasteiger partial charge is 0.502 e. The van der Waals surface area contributed by atoms with Crippen molar-refractivity contribution >= 4 is 24.0 Å². The molecule has 0 saturated heterocycles. The van der Waals surface area contributed by atoms with Crippen molar-refractivity contribution in [3.05, 3.63) is 48.2 Å². The Labute approximate surface area is 257 Å². The minimum atomic E-state index is -1.14. The molecule has 0 aliphatic carbocycles. The SMILES string of the molecule is C=COCC.C=COCC.CC(=O)C(C)(C)O.CC(C)=O.CC1=C(C#N)C(=C(C#N)C#N)OC1(C)C.Cl.N#CCC#N. The number of hydrogen-bond acceptors (Lipinski definition) is 11. The third kappa shape index (κ3) is 31.6. The summed E-state index contributed by atoms with van der Waals surface area (Å²) in [5, 5.41) is 50.3. The average molecular weight is 606 g/mol. The zero-order valence-electron chi connectivity index (χ0n) is 26.3. The van der Waals surface area contributed by atoms with Crippen LogP contribution in [0.15, 0.2) is 48.2 Å². The van der Waals surface area contributed by atoms with Gasteiger partial charge in [0.25, 0.3) is 0 Å². The first-order valence-corrected chi connectivity index (χ1v) is 12.1. The molecule has 0 atom stereocenters. The van der Waals surface area contributed by atoms with Crippen LogP contribution in [0.4, 0.5) is 0 Å². The molecule has 0 spiro atoms. The van der Waals surface area contributed by atoms with E-state index in [4.69, 9.17) is 36.2 Å². The summed E-state index contributed by atoms with van der Waals surface area (Å²) in [6.45, 7) is 24.6. The lowest BCUT2D eigenvalue weighted by atomic mass is 9.97. The van der Waals surface area contributed by atoms with Gasteiger partial charge in [0.1, 0.15) is 41.6 Å². The van der Waals surface area contributed by atoms with Crippen molar-refractivity contribution in [1.29, 1.82) is 26.3 Å². The summed E-state index contributed by atoms with van der Waals surface area (Å²) in [5.74, 6) is 0.0671. The van der Waals surface area contributed by atoms with Crippen molar-refractivity contribution < 1.29 is 28.9 Å². The number of aliphatic hydroxyl groups is 1. The topological polar surface area (TPSA) is 201 Å². The van der Waals surface area contributed by atoms with E-state index in [2.05, 4.69) is 22.6 Å². The molecule has 0 unspecified atom stereocenters. The van der Waals surface area contributed by atoms with Crippen LogP contribution in [0.25, 0.3) is 0 Å². The van der Waals surface area contributed by atoms with Gasteiger partial charge in [-0.05, 0) is 74.8 Å². The van der Waals surface area contributed by atoms with Crippen LogP contribution in [0.2, 0.25) is 0 Å². The van der Waals surface area contributed by atoms with Gasteiger partial charge in [-0.3, -0.25) is 4.79 Å². The van der Waals surface area contributed by atoms with Gasteiger partial charge in [-0.1, -0.05) is 13.2 Å². The molecular formula is C30H44ClN5O6. The van der Waals surface area contributed by atoms with Crippen LogP contribution in [0, 0.1) is 56.7 Å². The molecule has 0 aromatic carbocycles.